The molecule has 0 radical (unpaired) electrons. The first-order chi connectivity index (χ1) is 5.65. The number of primary amides is 1. The molecule has 3 atom stereocenters. The Labute approximate surface area is 73.7 Å². The fourth-order valence-electron chi connectivity index (χ4n) is 1.54. The van der Waals surface area contributed by atoms with Crippen LogP contribution in [-0.2, 0) is 4.79 Å². The molecule has 0 saturated heterocycles. The van der Waals surface area contributed by atoms with E-state index in [9.17, 15) is 4.79 Å². The van der Waals surface area contributed by atoms with E-state index in [2.05, 4.69) is 12.2 Å². The monoisotopic (exact) mass is 170 g/mol. The van der Waals surface area contributed by atoms with Gasteiger partial charge in [0.25, 0.3) is 0 Å². The summed E-state index contributed by atoms with van der Waals surface area (Å²) in [5.74, 6) is 0.536. The number of amides is 1. The maximum absolute atomic E-state index is 10.7. The molecule has 0 aromatic rings. The van der Waals surface area contributed by atoms with Crippen molar-refractivity contribution in [2.24, 2.45) is 11.7 Å². The topological polar surface area (TPSA) is 55.1 Å². The molecule has 3 N–H and O–H groups in total. The van der Waals surface area contributed by atoms with Crippen molar-refractivity contribution in [3.05, 3.63) is 0 Å². The van der Waals surface area contributed by atoms with Crippen molar-refractivity contribution >= 4 is 5.91 Å². The Bertz CT molecular complexity index is 170. The summed E-state index contributed by atoms with van der Waals surface area (Å²) >= 11 is 0. The number of nitrogens with two attached hydrogens (primary N) is 1. The fraction of sp³-hybridized carbons (Fsp3) is 0.889. The second kappa shape index (κ2) is 3.90. The highest BCUT2D eigenvalue weighted by atomic mass is 16.1. The second-order valence-electron chi connectivity index (χ2n) is 3.68. The van der Waals surface area contributed by atoms with E-state index < -0.39 is 0 Å². The van der Waals surface area contributed by atoms with Gasteiger partial charge in [-0.1, -0.05) is 13.3 Å². The van der Waals surface area contributed by atoms with Crippen LogP contribution in [-0.4, -0.2) is 18.0 Å². The first-order valence-corrected chi connectivity index (χ1v) is 4.70. The summed E-state index contributed by atoms with van der Waals surface area (Å²) in [6.45, 7) is 4.01. The highest BCUT2D eigenvalue weighted by Gasteiger charge is 2.37. The van der Waals surface area contributed by atoms with Crippen LogP contribution in [0.3, 0.4) is 0 Å². The van der Waals surface area contributed by atoms with Crippen molar-refractivity contribution in [3.63, 3.8) is 0 Å². The van der Waals surface area contributed by atoms with Gasteiger partial charge in [0.15, 0.2) is 0 Å². The van der Waals surface area contributed by atoms with Crippen LogP contribution in [0.5, 0.6) is 0 Å². The SMILES string of the molecule is CCCC1CC1NC(C)C(N)=O. The van der Waals surface area contributed by atoms with Crippen LogP contribution in [0.2, 0.25) is 0 Å². The predicted molar refractivity (Wildman–Crippen MR) is 48.6 cm³/mol. The van der Waals surface area contributed by atoms with Crippen molar-refractivity contribution in [3.8, 4) is 0 Å². The van der Waals surface area contributed by atoms with Crippen molar-refractivity contribution in [1.29, 1.82) is 0 Å². The number of hydrogen-bond donors (Lipinski definition) is 2. The Kier molecular flexibility index (Phi) is 3.09. The molecule has 1 fully saturated rings. The van der Waals surface area contributed by atoms with Crippen molar-refractivity contribution in [2.45, 2.75) is 45.2 Å². The smallest absolute Gasteiger partial charge is 0.234 e. The maximum Gasteiger partial charge on any atom is 0.234 e. The molecule has 70 valence electrons. The van der Waals surface area contributed by atoms with Gasteiger partial charge in [0.05, 0.1) is 6.04 Å². The molecule has 3 unspecified atom stereocenters. The minimum atomic E-state index is -0.253. The summed E-state index contributed by atoms with van der Waals surface area (Å²) in [4.78, 5) is 10.7. The van der Waals surface area contributed by atoms with Gasteiger partial charge in [0, 0.05) is 6.04 Å². The van der Waals surface area contributed by atoms with Crippen molar-refractivity contribution in [1.82, 2.24) is 5.32 Å². The fourth-order valence-corrected chi connectivity index (χ4v) is 1.54. The van der Waals surface area contributed by atoms with Crippen LogP contribution in [0.4, 0.5) is 0 Å². The Morgan fingerprint density at radius 3 is 2.92 bits per heavy atom. The predicted octanol–water partition coefficient (Wildman–Crippen LogP) is 0.638. The lowest BCUT2D eigenvalue weighted by molar-refractivity contribution is -0.119. The first kappa shape index (κ1) is 9.52. The maximum atomic E-state index is 10.7. The molecular formula is C9H18N2O. The normalized spacial score (nSPS) is 29.8. The van der Waals surface area contributed by atoms with Gasteiger partial charge in [-0.25, -0.2) is 0 Å². The zero-order valence-electron chi connectivity index (χ0n) is 7.84. The Morgan fingerprint density at radius 2 is 2.42 bits per heavy atom. The molecule has 1 amide bonds. The highest BCUT2D eigenvalue weighted by Crippen LogP contribution is 2.34. The summed E-state index contributed by atoms with van der Waals surface area (Å²) < 4.78 is 0. The van der Waals surface area contributed by atoms with Crippen LogP contribution < -0.4 is 11.1 Å². The van der Waals surface area contributed by atoms with Gasteiger partial charge in [-0.05, 0) is 25.7 Å². The third-order valence-electron chi connectivity index (χ3n) is 2.47. The lowest BCUT2D eigenvalue weighted by Gasteiger charge is -2.08. The Hall–Kier alpha value is -0.570. The molecule has 1 rings (SSSR count). The molecule has 1 saturated carbocycles. The zero-order valence-corrected chi connectivity index (χ0v) is 7.84. The lowest BCUT2D eigenvalue weighted by Crippen LogP contribution is -2.40. The van der Waals surface area contributed by atoms with Crippen LogP contribution in [0.15, 0.2) is 0 Å². The number of nitrogens with one attached hydrogen (secondary N) is 1. The molecule has 0 spiro atoms. The largest absolute Gasteiger partial charge is 0.368 e. The van der Waals surface area contributed by atoms with Gasteiger partial charge in [0.1, 0.15) is 0 Å². The van der Waals surface area contributed by atoms with E-state index in [1.165, 1.54) is 19.3 Å². The summed E-state index contributed by atoms with van der Waals surface area (Å²) in [6.07, 6.45) is 3.71. The average Bonchev–Trinajstić information content (AvgIpc) is 2.68. The van der Waals surface area contributed by atoms with E-state index in [-0.39, 0.29) is 11.9 Å². The van der Waals surface area contributed by atoms with Crippen LogP contribution >= 0.6 is 0 Å². The van der Waals surface area contributed by atoms with Gasteiger partial charge >= 0.3 is 0 Å². The third kappa shape index (κ3) is 2.48. The molecule has 12 heavy (non-hydrogen) atoms. The number of carbonyl (C=O) groups excluding carboxylic acids is 1. The minimum Gasteiger partial charge on any atom is -0.368 e. The number of rotatable bonds is 5. The van der Waals surface area contributed by atoms with Crippen LogP contribution in [0.25, 0.3) is 0 Å². The standard InChI is InChI=1S/C9H18N2O/c1-3-4-7-5-8(7)11-6(2)9(10)12/h6-8,11H,3-5H2,1-2H3,(H2,10,12). The Balaban J connectivity index is 2.14. The first-order valence-electron chi connectivity index (χ1n) is 4.70. The second-order valence-corrected chi connectivity index (χ2v) is 3.68. The lowest BCUT2D eigenvalue weighted by atomic mass is 10.2. The van der Waals surface area contributed by atoms with Gasteiger partial charge in [-0.2, -0.15) is 0 Å². The molecule has 0 aromatic heterocycles. The zero-order chi connectivity index (χ0) is 9.14. The van der Waals surface area contributed by atoms with E-state index in [0.717, 1.165) is 5.92 Å². The van der Waals surface area contributed by atoms with Gasteiger partial charge in [-0.3, -0.25) is 4.79 Å². The van der Waals surface area contributed by atoms with Gasteiger partial charge in [-0.15, -0.1) is 0 Å². The van der Waals surface area contributed by atoms with Gasteiger partial charge in [0.2, 0.25) is 5.91 Å². The van der Waals surface area contributed by atoms with E-state index in [4.69, 9.17) is 5.73 Å². The minimum absolute atomic E-state index is 0.170. The van der Waals surface area contributed by atoms with Gasteiger partial charge < -0.3 is 11.1 Å². The molecule has 0 heterocycles. The van der Waals surface area contributed by atoms with E-state index >= 15 is 0 Å². The summed E-state index contributed by atoms with van der Waals surface area (Å²) in [6, 6.07) is 0.379. The van der Waals surface area contributed by atoms with Crippen LogP contribution in [0.1, 0.15) is 33.1 Å². The summed E-state index contributed by atoms with van der Waals surface area (Å²) in [5, 5.41) is 3.21. The highest BCUT2D eigenvalue weighted by molar-refractivity contribution is 5.79. The molecule has 0 aromatic carbocycles. The summed E-state index contributed by atoms with van der Waals surface area (Å²) in [7, 11) is 0. The third-order valence-corrected chi connectivity index (χ3v) is 2.47. The molecule has 3 nitrogen and oxygen atoms in total. The molecule has 1 aliphatic carbocycles. The van der Waals surface area contributed by atoms with Crippen molar-refractivity contribution in [2.75, 3.05) is 0 Å². The quantitative estimate of drug-likeness (QED) is 0.636. The molecule has 0 aliphatic heterocycles. The van der Waals surface area contributed by atoms with Crippen molar-refractivity contribution < 1.29 is 4.79 Å². The molecule has 0 bridgehead atoms. The van der Waals surface area contributed by atoms with E-state index in [1.807, 2.05) is 6.92 Å². The molecular weight excluding hydrogens is 152 g/mol. The molecule has 3 heteroatoms. The van der Waals surface area contributed by atoms with E-state index in [0.29, 0.717) is 6.04 Å². The summed E-state index contributed by atoms with van der Waals surface area (Å²) in [5.41, 5.74) is 5.13. The van der Waals surface area contributed by atoms with Crippen LogP contribution in [0, 0.1) is 5.92 Å². The van der Waals surface area contributed by atoms with E-state index in [1.54, 1.807) is 0 Å². The average molecular weight is 170 g/mol. The number of carbonyl (C=O) groups is 1. The molecule has 1 aliphatic rings. The Morgan fingerprint density at radius 1 is 1.75 bits per heavy atom. The number of hydrogen-bond acceptors (Lipinski definition) is 2.